The largest absolute Gasteiger partial charge is 0.451 e. The lowest BCUT2D eigenvalue weighted by Gasteiger charge is -2.16. The lowest BCUT2D eigenvalue weighted by atomic mass is 10.2. The van der Waals surface area contributed by atoms with Crippen LogP contribution in [-0.4, -0.2) is 35.4 Å². The number of aliphatic hydroxyl groups excluding tert-OH is 1. The molecule has 16 heavy (non-hydrogen) atoms. The van der Waals surface area contributed by atoms with E-state index in [1.54, 1.807) is 20.8 Å². The van der Waals surface area contributed by atoms with Gasteiger partial charge in [-0.25, -0.2) is 9.59 Å². The van der Waals surface area contributed by atoms with Crippen molar-refractivity contribution in [3.8, 4) is 11.8 Å². The van der Waals surface area contributed by atoms with Crippen LogP contribution >= 0.6 is 0 Å². The number of aliphatic hydroxyl groups is 1. The fourth-order valence-electron chi connectivity index (χ4n) is 0.640. The average Bonchev–Trinajstić information content (AvgIpc) is 2.08. The van der Waals surface area contributed by atoms with Crippen molar-refractivity contribution < 1.29 is 24.2 Å². The van der Waals surface area contributed by atoms with Crippen LogP contribution in [-0.2, 0) is 19.1 Å². The zero-order valence-corrected chi connectivity index (χ0v) is 9.86. The number of carbonyl (C=O) groups is 2. The van der Waals surface area contributed by atoms with Gasteiger partial charge in [-0.05, 0) is 33.6 Å². The quantitative estimate of drug-likeness (QED) is 0.417. The van der Waals surface area contributed by atoms with E-state index in [4.69, 9.17) is 9.84 Å². The standard InChI is InChI=1S/C11H16O5/c1-8(12)10(14)15-7-5-6-9(13)16-11(2,3)4/h8,12H,7H2,1-4H3. The summed E-state index contributed by atoms with van der Waals surface area (Å²) in [7, 11) is 0. The van der Waals surface area contributed by atoms with Crippen molar-refractivity contribution in [2.75, 3.05) is 6.61 Å². The van der Waals surface area contributed by atoms with Crippen molar-refractivity contribution in [1.82, 2.24) is 0 Å². The maximum atomic E-state index is 11.1. The van der Waals surface area contributed by atoms with Crippen molar-refractivity contribution in [2.45, 2.75) is 39.4 Å². The van der Waals surface area contributed by atoms with Gasteiger partial charge in [0.2, 0.25) is 0 Å². The van der Waals surface area contributed by atoms with Crippen molar-refractivity contribution in [3.63, 3.8) is 0 Å². The molecule has 0 aromatic heterocycles. The molecule has 0 aromatic rings. The van der Waals surface area contributed by atoms with Gasteiger partial charge in [-0.1, -0.05) is 0 Å². The van der Waals surface area contributed by atoms with Crippen LogP contribution in [0.4, 0.5) is 0 Å². The molecule has 90 valence electrons. The second-order valence-corrected chi connectivity index (χ2v) is 4.09. The maximum Gasteiger partial charge on any atom is 0.384 e. The van der Waals surface area contributed by atoms with Crippen LogP contribution in [0.25, 0.3) is 0 Å². The molecule has 0 saturated carbocycles. The van der Waals surface area contributed by atoms with Crippen LogP contribution in [0.5, 0.6) is 0 Å². The normalized spacial score (nSPS) is 12.1. The first-order valence-corrected chi connectivity index (χ1v) is 4.79. The molecule has 0 aliphatic rings. The second-order valence-electron chi connectivity index (χ2n) is 4.09. The van der Waals surface area contributed by atoms with Gasteiger partial charge in [0.1, 0.15) is 11.7 Å². The van der Waals surface area contributed by atoms with Gasteiger partial charge < -0.3 is 14.6 Å². The summed E-state index contributed by atoms with van der Waals surface area (Å²) < 4.78 is 9.40. The summed E-state index contributed by atoms with van der Waals surface area (Å²) in [5.41, 5.74) is -0.595. The molecule has 0 heterocycles. The summed E-state index contributed by atoms with van der Waals surface area (Å²) in [6.45, 7) is 6.20. The van der Waals surface area contributed by atoms with Crippen LogP contribution in [0.3, 0.4) is 0 Å². The Morgan fingerprint density at radius 3 is 2.38 bits per heavy atom. The van der Waals surface area contributed by atoms with Crippen LogP contribution in [0.2, 0.25) is 0 Å². The highest BCUT2D eigenvalue weighted by Gasteiger charge is 2.14. The van der Waals surface area contributed by atoms with Gasteiger partial charge in [-0.15, -0.1) is 0 Å². The Kier molecular flexibility index (Phi) is 5.54. The molecule has 0 aromatic carbocycles. The van der Waals surface area contributed by atoms with E-state index in [2.05, 4.69) is 16.6 Å². The molecule has 5 heteroatoms. The predicted octanol–water partition coefficient (Wildman–Crippen LogP) is 0.255. The van der Waals surface area contributed by atoms with Gasteiger partial charge in [-0.3, -0.25) is 0 Å². The molecule has 1 atom stereocenters. The third-order valence-corrected chi connectivity index (χ3v) is 1.22. The third kappa shape index (κ3) is 7.83. The monoisotopic (exact) mass is 228 g/mol. The number of esters is 2. The number of hydrogen-bond acceptors (Lipinski definition) is 5. The minimum absolute atomic E-state index is 0.247. The van der Waals surface area contributed by atoms with Gasteiger partial charge in [0, 0.05) is 5.92 Å². The van der Waals surface area contributed by atoms with E-state index in [0.29, 0.717) is 0 Å². The molecule has 0 bridgehead atoms. The Morgan fingerprint density at radius 2 is 1.94 bits per heavy atom. The van der Waals surface area contributed by atoms with Crippen LogP contribution < -0.4 is 0 Å². The highest BCUT2D eigenvalue weighted by Crippen LogP contribution is 2.05. The first-order chi connectivity index (χ1) is 7.22. The Bertz CT molecular complexity index is 313. The predicted molar refractivity (Wildman–Crippen MR) is 56.3 cm³/mol. The molecular weight excluding hydrogens is 212 g/mol. The van der Waals surface area contributed by atoms with E-state index in [1.165, 1.54) is 6.92 Å². The van der Waals surface area contributed by atoms with Gasteiger partial charge >= 0.3 is 11.9 Å². The molecule has 0 radical (unpaired) electrons. The molecule has 0 aliphatic heterocycles. The minimum atomic E-state index is -1.19. The zero-order chi connectivity index (χ0) is 12.8. The lowest BCUT2D eigenvalue weighted by Crippen LogP contribution is -2.23. The van der Waals surface area contributed by atoms with Gasteiger partial charge in [-0.2, -0.15) is 0 Å². The van der Waals surface area contributed by atoms with E-state index in [1.807, 2.05) is 0 Å². The van der Waals surface area contributed by atoms with E-state index >= 15 is 0 Å². The first kappa shape index (κ1) is 14.5. The molecule has 5 nitrogen and oxygen atoms in total. The van der Waals surface area contributed by atoms with Crippen molar-refractivity contribution >= 4 is 11.9 Å². The molecule has 1 unspecified atom stereocenters. The highest BCUT2D eigenvalue weighted by atomic mass is 16.6. The lowest BCUT2D eigenvalue weighted by molar-refractivity contribution is -0.151. The van der Waals surface area contributed by atoms with Crippen LogP contribution in [0.15, 0.2) is 0 Å². The summed E-state index contributed by atoms with van der Waals surface area (Å²) >= 11 is 0. The Balaban J connectivity index is 3.95. The van der Waals surface area contributed by atoms with E-state index in [0.717, 1.165) is 0 Å². The highest BCUT2D eigenvalue weighted by molar-refractivity contribution is 5.88. The van der Waals surface area contributed by atoms with Crippen molar-refractivity contribution in [3.05, 3.63) is 0 Å². The molecule has 0 spiro atoms. The fourth-order valence-corrected chi connectivity index (χ4v) is 0.640. The molecule has 1 N–H and O–H groups in total. The van der Waals surface area contributed by atoms with Gasteiger partial charge in [0.05, 0.1) is 0 Å². The van der Waals surface area contributed by atoms with Gasteiger partial charge in [0.25, 0.3) is 0 Å². The minimum Gasteiger partial charge on any atom is -0.451 e. The molecule has 0 aliphatic carbocycles. The molecule has 0 rings (SSSR count). The first-order valence-electron chi connectivity index (χ1n) is 4.79. The van der Waals surface area contributed by atoms with Crippen molar-refractivity contribution in [1.29, 1.82) is 0 Å². The van der Waals surface area contributed by atoms with Gasteiger partial charge in [0.15, 0.2) is 6.61 Å². The summed E-state index contributed by atoms with van der Waals surface area (Å²) in [5, 5.41) is 8.77. The van der Waals surface area contributed by atoms with E-state index in [9.17, 15) is 9.59 Å². The molecular formula is C11H16O5. The number of ether oxygens (including phenoxy) is 2. The molecule has 0 saturated heterocycles. The molecule has 0 fully saturated rings. The van der Waals surface area contributed by atoms with E-state index < -0.39 is 23.6 Å². The Hall–Kier alpha value is -1.54. The van der Waals surface area contributed by atoms with Crippen LogP contribution in [0.1, 0.15) is 27.7 Å². The number of carbonyl (C=O) groups excluding carboxylic acids is 2. The topological polar surface area (TPSA) is 72.8 Å². The van der Waals surface area contributed by atoms with Crippen LogP contribution in [0, 0.1) is 11.8 Å². The average molecular weight is 228 g/mol. The van der Waals surface area contributed by atoms with E-state index in [-0.39, 0.29) is 6.61 Å². The summed E-state index contributed by atoms with van der Waals surface area (Å²) in [6, 6.07) is 0. The number of rotatable bonds is 2. The summed E-state index contributed by atoms with van der Waals surface area (Å²) in [6.07, 6.45) is -1.19. The molecule has 0 amide bonds. The maximum absolute atomic E-state index is 11.1. The van der Waals surface area contributed by atoms with Crippen molar-refractivity contribution in [2.24, 2.45) is 0 Å². The third-order valence-electron chi connectivity index (χ3n) is 1.22. The second kappa shape index (κ2) is 6.13. The smallest absolute Gasteiger partial charge is 0.384 e. The Morgan fingerprint density at radius 1 is 1.38 bits per heavy atom. The summed E-state index contributed by atoms with van der Waals surface area (Å²) in [4.78, 5) is 21.8. The summed E-state index contributed by atoms with van der Waals surface area (Å²) in [5.74, 6) is 3.02. The number of hydrogen-bond donors (Lipinski definition) is 1. The SMILES string of the molecule is CC(O)C(=O)OCC#CC(=O)OC(C)(C)C. The zero-order valence-electron chi connectivity index (χ0n) is 9.86. The fraction of sp³-hybridized carbons (Fsp3) is 0.636. The Labute approximate surface area is 94.7 Å².